The van der Waals surface area contributed by atoms with Crippen LogP contribution in [0, 0.1) is 13.8 Å². The minimum absolute atomic E-state index is 0.222. The maximum absolute atomic E-state index is 13.5. The Bertz CT molecular complexity index is 1440. The van der Waals surface area contributed by atoms with Crippen molar-refractivity contribution in [1.29, 1.82) is 0 Å². The number of hydrogen-bond donors (Lipinski definition) is 2. The highest BCUT2D eigenvalue weighted by atomic mass is 16.3. The molecule has 31 heavy (non-hydrogen) atoms. The van der Waals surface area contributed by atoms with Gasteiger partial charge in [0.2, 0.25) is 0 Å². The third kappa shape index (κ3) is 4.23. The summed E-state index contributed by atoms with van der Waals surface area (Å²) in [6.45, 7) is -0.845. The fourth-order valence-corrected chi connectivity index (χ4v) is 3.75. The van der Waals surface area contributed by atoms with Gasteiger partial charge in [0.05, 0.1) is 11.6 Å². The molecular weight excluding hydrogens is 388 g/mol. The van der Waals surface area contributed by atoms with Gasteiger partial charge in [-0.25, -0.2) is 0 Å². The van der Waals surface area contributed by atoms with Gasteiger partial charge in [0, 0.05) is 38.7 Å². The number of benzene rings is 3. The predicted octanol–water partition coefficient (Wildman–Crippen LogP) is 5.03. The first kappa shape index (κ1) is 13.8. The van der Waals surface area contributed by atoms with Crippen LogP contribution < -0.4 is 10.2 Å². The molecule has 5 nitrogen and oxygen atoms in total. The van der Waals surface area contributed by atoms with E-state index in [1.165, 1.54) is 18.2 Å². The van der Waals surface area contributed by atoms with Crippen molar-refractivity contribution in [2.45, 2.75) is 32.7 Å². The molecule has 158 valence electrons. The summed E-state index contributed by atoms with van der Waals surface area (Å²) in [6, 6.07) is 8.73. The molecule has 3 aromatic carbocycles. The van der Waals surface area contributed by atoms with E-state index in [9.17, 15) is 14.7 Å². The number of fused-ring (bicyclic) bond motifs is 1. The minimum atomic E-state index is -2.95. The molecule has 1 atom stereocenters. The summed E-state index contributed by atoms with van der Waals surface area (Å²) in [6.07, 6.45) is 0.479. The van der Waals surface area contributed by atoms with Crippen LogP contribution >= 0.6 is 0 Å². The monoisotopic (exact) mass is 421 g/mol. The molecule has 1 heterocycles. The standard InChI is InChI=1S/C26H26N2O3/c1-17-8-3-4-9-20(17)25(30)27-19-13-14-21(18(2)16-19)26(31)28-15-7-12-24(29)22-10-5-6-11-23(22)28/h3-6,8-11,13-14,16,24,29H,7,12,15H2,1-2H3,(H,27,30)/i1D3,3D,4D,8D,9D. The lowest BCUT2D eigenvalue weighted by atomic mass is 10.0. The molecule has 0 aromatic heterocycles. The van der Waals surface area contributed by atoms with Crippen molar-refractivity contribution in [2.24, 2.45) is 0 Å². The maximum Gasteiger partial charge on any atom is 0.258 e. The number of aliphatic hydroxyl groups excluding tert-OH is 1. The summed E-state index contributed by atoms with van der Waals surface area (Å²) in [5, 5.41) is 13.0. The van der Waals surface area contributed by atoms with Crippen molar-refractivity contribution < 1.29 is 24.3 Å². The number of rotatable bonds is 3. The number of nitrogens with zero attached hydrogens (tertiary/aromatic N) is 1. The molecule has 1 aliphatic rings. The van der Waals surface area contributed by atoms with Gasteiger partial charge in [-0.2, -0.15) is 0 Å². The van der Waals surface area contributed by atoms with E-state index < -0.39 is 54.2 Å². The Balaban J connectivity index is 1.66. The van der Waals surface area contributed by atoms with Gasteiger partial charge in [0.25, 0.3) is 11.8 Å². The molecule has 3 aromatic rings. The lowest BCUT2D eigenvalue weighted by Gasteiger charge is -2.24. The molecule has 0 saturated heterocycles. The Morgan fingerprint density at radius 1 is 1.13 bits per heavy atom. The summed E-state index contributed by atoms with van der Waals surface area (Å²) in [4.78, 5) is 28.2. The molecule has 4 rings (SSSR count). The van der Waals surface area contributed by atoms with Gasteiger partial charge in [-0.05, 0) is 68.1 Å². The number of anilines is 2. The number of para-hydroxylation sites is 1. The van der Waals surface area contributed by atoms with Gasteiger partial charge in [0.15, 0.2) is 0 Å². The fourth-order valence-electron chi connectivity index (χ4n) is 3.75. The molecule has 0 spiro atoms. The average Bonchev–Trinajstić information content (AvgIpc) is 3.02. The van der Waals surface area contributed by atoms with Crippen molar-refractivity contribution in [3.63, 3.8) is 0 Å². The number of nitrogens with one attached hydrogen (secondary N) is 1. The van der Waals surface area contributed by atoms with Crippen LogP contribution in [-0.2, 0) is 0 Å². The lowest BCUT2D eigenvalue weighted by molar-refractivity contribution is 0.0985. The number of carbonyl (C=O) groups excluding carboxylic acids is 2. The van der Waals surface area contributed by atoms with E-state index in [4.69, 9.17) is 9.60 Å². The Morgan fingerprint density at radius 3 is 2.74 bits per heavy atom. The molecule has 0 fully saturated rings. The zero-order chi connectivity index (χ0) is 27.9. The number of aryl methyl sites for hydroxylation is 1. The van der Waals surface area contributed by atoms with E-state index in [1.54, 1.807) is 30.0 Å². The first-order chi connectivity index (χ1) is 17.8. The molecule has 2 N–H and O–H groups in total. The molecule has 1 unspecified atom stereocenters. The van der Waals surface area contributed by atoms with E-state index in [0.29, 0.717) is 41.8 Å². The van der Waals surface area contributed by atoms with E-state index in [1.807, 2.05) is 6.07 Å². The molecule has 0 aliphatic carbocycles. The van der Waals surface area contributed by atoms with Gasteiger partial charge in [0.1, 0.15) is 0 Å². The third-order valence-electron chi connectivity index (χ3n) is 5.32. The zero-order valence-corrected chi connectivity index (χ0v) is 17.0. The molecule has 0 saturated carbocycles. The quantitative estimate of drug-likeness (QED) is 0.623. The smallest absolute Gasteiger partial charge is 0.258 e. The molecule has 0 radical (unpaired) electrons. The van der Waals surface area contributed by atoms with Gasteiger partial charge in [-0.3, -0.25) is 9.59 Å². The van der Waals surface area contributed by atoms with Crippen LogP contribution in [0.5, 0.6) is 0 Å². The van der Waals surface area contributed by atoms with E-state index in [2.05, 4.69) is 5.32 Å². The Kier molecular flexibility index (Phi) is 3.88. The summed E-state index contributed by atoms with van der Waals surface area (Å²) >= 11 is 0. The van der Waals surface area contributed by atoms with Crippen molar-refractivity contribution in [1.82, 2.24) is 0 Å². The van der Waals surface area contributed by atoms with Gasteiger partial charge in [-0.1, -0.05) is 36.3 Å². The number of hydrogen-bond acceptors (Lipinski definition) is 3. The first-order valence-electron chi connectivity index (χ1n) is 13.4. The zero-order valence-electron chi connectivity index (χ0n) is 24.0. The van der Waals surface area contributed by atoms with Gasteiger partial charge >= 0.3 is 0 Å². The minimum Gasteiger partial charge on any atom is -0.388 e. The Labute approximate surface area is 192 Å². The van der Waals surface area contributed by atoms with Crippen molar-refractivity contribution in [3.05, 3.63) is 94.5 Å². The second kappa shape index (κ2) is 8.74. The molecule has 5 heteroatoms. The second-order valence-corrected chi connectivity index (χ2v) is 7.41. The van der Waals surface area contributed by atoms with E-state index in [0.717, 1.165) is 0 Å². The maximum atomic E-state index is 13.5. The van der Waals surface area contributed by atoms with Crippen molar-refractivity contribution >= 4 is 23.2 Å². The highest BCUT2D eigenvalue weighted by Crippen LogP contribution is 2.34. The summed E-state index contributed by atoms with van der Waals surface area (Å²) in [7, 11) is 0. The normalized spacial score (nSPS) is 19.4. The topological polar surface area (TPSA) is 69.6 Å². The summed E-state index contributed by atoms with van der Waals surface area (Å²) in [5.41, 5.74) is 1.02. The fraction of sp³-hybridized carbons (Fsp3) is 0.231. The van der Waals surface area contributed by atoms with E-state index in [-0.39, 0.29) is 11.6 Å². The van der Waals surface area contributed by atoms with Crippen LogP contribution in [0.25, 0.3) is 0 Å². The van der Waals surface area contributed by atoms with Gasteiger partial charge < -0.3 is 15.3 Å². The SMILES string of the molecule is [2H]c1c([2H])c([2H])c(C([2H])([2H])[2H])c(C(=O)Nc2ccc(C(=O)N3CCCC(O)c4ccccc43)c(C)c2)c1[2H]. The number of carbonyl (C=O) groups is 2. The second-order valence-electron chi connectivity index (χ2n) is 7.41. The highest BCUT2D eigenvalue weighted by molar-refractivity contribution is 6.09. The average molecular weight is 422 g/mol. The van der Waals surface area contributed by atoms with Crippen LogP contribution in [0.2, 0.25) is 0 Å². The van der Waals surface area contributed by atoms with Crippen LogP contribution in [0.4, 0.5) is 11.4 Å². The molecule has 1 aliphatic heterocycles. The number of aliphatic hydroxyl groups is 1. The van der Waals surface area contributed by atoms with Crippen molar-refractivity contribution in [3.8, 4) is 0 Å². The van der Waals surface area contributed by atoms with Gasteiger partial charge in [-0.15, -0.1) is 0 Å². The Morgan fingerprint density at radius 2 is 1.94 bits per heavy atom. The predicted molar refractivity (Wildman–Crippen MR) is 123 cm³/mol. The van der Waals surface area contributed by atoms with E-state index >= 15 is 0 Å². The van der Waals surface area contributed by atoms with Crippen LogP contribution in [-0.4, -0.2) is 23.5 Å². The summed E-state index contributed by atoms with van der Waals surface area (Å²) in [5.74, 6) is -1.28. The third-order valence-corrected chi connectivity index (χ3v) is 5.32. The Hall–Kier alpha value is -3.44. The molecule has 0 bridgehead atoms. The lowest BCUT2D eigenvalue weighted by Crippen LogP contribution is -2.32. The number of amides is 2. The highest BCUT2D eigenvalue weighted by Gasteiger charge is 2.26. The van der Waals surface area contributed by atoms with Crippen LogP contribution in [0.15, 0.2) is 66.6 Å². The van der Waals surface area contributed by atoms with Crippen LogP contribution in [0.3, 0.4) is 0 Å². The van der Waals surface area contributed by atoms with Crippen molar-refractivity contribution in [2.75, 3.05) is 16.8 Å². The van der Waals surface area contributed by atoms with Crippen LogP contribution in [0.1, 0.15) is 65.9 Å². The summed E-state index contributed by atoms with van der Waals surface area (Å²) < 4.78 is 55.0. The largest absolute Gasteiger partial charge is 0.388 e. The molecule has 2 amide bonds. The molecular formula is C26H26N2O3. The first-order valence-corrected chi connectivity index (χ1v) is 9.94.